The van der Waals surface area contributed by atoms with Crippen molar-refractivity contribution >= 4 is 0 Å². The normalized spacial score (nSPS) is 6.38. The summed E-state index contributed by atoms with van der Waals surface area (Å²) < 4.78 is 0. The van der Waals surface area contributed by atoms with Gasteiger partial charge in [-0.3, -0.25) is 5.32 Å². The molecule has 1 N–H and O–H groups in total. The third kappa shape index (κ3) is 4.74. The Morgan fingerprint density at radius 2 is 2.38 bits per heavy atom. The van der Waals surface area contributed by atoms with Crippen LogP contribution in [-0.4, -0.2) is 13.1 Å². The highest BCUT2D eigenvalue weighted by molar-refractivity contribution is 4.90. The smallest absolute Gasteiger partial charge is 0.313 e. The summed E-state index contributed by atoms with van der Waals surface area (Å²) in [6, 6.07) is 3.92. The van der Waals surface area contributed by atoms with Gasteiger partial charge in [-0.15, -0.1) is 0 Å². The van der Waals surface area contributed by atoms with Crippen molar-refractivity contribution in [2.24, 2.45) is 0 Å². The Morgan fingerprint density at radius 3 is 2.88 bits per heavy atom. The Labute approximate surface area is 47.1 Å². The van der Waals surface area contributed by atoms with E-state index in [1.54, 1.807) is 0 Å². The van der Waals surface area contributed by atoms with Gasteiger partial charge in [-0.05, 0) is 0 Å². The van der Waals surface area contributed by atoms with Gasteiger partial charge in [-0.2, -0.15) is 5.26 Å². The molecule has 4 nitrogen and oxygen atoms in total. The number of hydrogen-bond donors (Lipinski definition) is 1. The standard InChI is InChI=1S/C4H5N3O/c5-1-2-6-3-4-7-8/h6H,2-3H2. The van der Waals surface area contributed by atoms with E-state index in [1.165, 1.54) is 0 Å². The van der Waals surface area contributed by atoms with Crippen molar-refractivity contribution in [1.29, 1.82) is 5.26 Å². The first-order chi connectivity index (χ1) is 3.91. The lowest BCUT2D eigenvalue weighted by molar-refractivity contribution is 0.863. The average molecular weight is 111 g/mol. The summed E-state index contributed by atoms with van der Waals surface area (Å²) in [5.41, 5.74) is 0. The molecule has 0 amide bonds. The summed E-state index contributed by atoms with van der Waals surface area (Å²) in [7, 11) is 0. The van der Waals surface area contributed by atoms with Crippen molar-refractivity contribution in [3.05, 3.63) is 10.2 Å². The average Bonchev–Trinajstić information content (AvgIpc) is 1.81. The topological polar surface area (TPSA) is 63.2 Å². The van der Waals surface area contributed by atoms with Crippen LogP contribution in [0.25, 0.3) is 5.01 Å². The van der Waals surface area contributed by atoms with Crippen molar-refractivity contribution in [3.63, 3.8) is 0 Å². The first-order valence-corrected chi connectivity index (χ1v) is 2.04. The van der Waals surface area contributed by atoms with Crippen LogP contribution >= 0.6 is 0 Å². The monoisotopic (exact) mass is 111 g/mol. The minimum absolute atomic E-state index is 0.225. The highest BCUT2D eigenvalue weighted by atomic mass is 16.4. The second-order valence-electron chi connectivity index (χ2n) is 1.01. The van der Waals surface area contributed by atoms with E-state index in [0.29, 0.717) is 0 Å². The summed E-state index contributed by atoms with van der Waals surface area (Å²) >= 11 is 0. The van der Waals surface area contributed by atoms with Crippen molar-refractivity contribution in [1.82, 2.24) is 5.32 Å². The van der Waals surface area contributed by atoms with Crippen LogP contribution in [0.5, 0.6) is 0 Å². The van der Waals surface area contributed by atoms with Gasteiger partial charge in [0, 0.05) is 5.01 Å². The van der Waals surface area contributed by atoms with Gasteiger partial charge < -0.3 is 5.21 Å². The van der Waals surface area contributed by atoms with E-state index in [2.05, 4.69) is 16.4 Å². The highest BCUT2D eigenvalue weighted by Gasteiger charge is 1.80. The molecule has 0 atom stereocenters. The number of rotatable bonds is 2. The molecule has 0 aliphatic carbocycles. The van der Waals surface area contributed by atoms with Crippen LogP contribution in [-0.2, 0) is 0 Å². The second kappa shape index (κ2) is 5.74. The number of nitriles is 1. The lowest BCUT2D eigenvalue weighted by atomic mass is 10.6. The molecule has 0 heterocycles. The molecule has 0 aliphatic heterocycles. The molecular formula is C4H5N3O. The van der Waals surface area contributed by atoms with Crippen LogP contribution in [0.4, 0.5) is 0 Å². The molecule has 0 radical (unpaired) electrons. The van der Waals surface area contributed by atoms with Gasteiger partial charge in [0.15, 0.2) is 0 Å². The molecular weight excluding hydrogens is 106 g/mol. The summed E-state index contributed by atoms with van der Waals surface area (Å²) in [6.45, 7) is 0.472. The molecule has 0 unspecified atom stereocenters. The maximum Gasteiger partial charge on any atom is 0.313 e. The minimum atomic E-state index is 0.225. The predicted molar refractivity (Wildman–Crippen MR) is 29.1 cm³/mol. The molecule has 0 spiro atoms. The number of nitrogens with zero attached hydrogens (tertiary/aromatic N) is 2. The molecule has 0 saturated carbocycles. The van der Waals surface area contributed by atoms with Gasteiger partial charge in [-0.1, -0.05) is 0 Å². The Kier molecular flexibility index (Phi) is 4.84. The fourth-order valence-electron chi connectivity index (χ4n) is 0.207. The molecule has 0 bridgehead atoms. The largest absolute Gasteiger partial charge is 0.498 e. The molecule has 0 aliphatic rings. The van der Waals surface area contributed by atoms with Crippen LogP contribution in [0.2, 0.25) is 0 Å². The molecule has 0 rings (SSSR count). The summed E-state index contributed by atoms with van der Waals surface area (Å²) in [4.78, 5) is 0. The second-order valence-corrected chi connectivity index (χ2v) is 1.01. The molecule has 0 fully saturated rings. The predicted octanol–water partition coefficient (Wildman–Crippen LogP) is -0.0697. The van der Waals surface area contributed by atoms with E-state index in [4.69, 9.17) is 5.26 Å². The van der Waals surface area contributed by atoms with Crippen LogP contribution in [0.1, 0.15) is 0 Å². The lowest BCUT2D eigenvalue weighted by Crippen LogP contribution is -2.12. The zero-order chi connectivity index (χ0) is 6.24. The summed E-state index contributed by atoms with van der Waals surface area (Å²) in [6.07, 6.45) is 0. The van der Waals surface area contributed by atoms with E-state index in [1.807, 2.05) is 6.07 Å². The molecule has 4 heteroatoms. The molecule has 8 heavy (non-hydrogen) atoms. The summed E-state index contributed by atoms with van der Waals surface area (Å²) in [5, 5.41) is 22.1. The van der Waals surface area contributed by atoms with Gasteiger partial charge in [0.25, 0.3) is 0 Å². The van der Waals surface area contributed by atoms with E-state index in [0.717, 1.165) is 0 Å². The van der Waals surface area contributed by atoms with E-state index in [9.17, 15) is 5.21 Å². The Balaban J connectivity index is 2.93. The third-order valence-corrected chi connectivity index (χ3v) is 0.473. The Bertz CT molecular complexity index is 138. The zero-order valence-corrected chi connectivity index (χ0v) is 4.22. The quantitative estimate of drug-likeness (QED) is 0.308. The van der Waals surface area contributed by atoms with Crippen LogP contribution in [0.3, 0.4) is 0 Å². The molecule has 0 aromatic carbocycles. The van der Waals surface area contributed by atoms with Crippen molar-refractivity contribution < 1.29 is 0 Å². The van der Waals surface area contributed by atoms with Gasteiger partial charge in [-0.25, -0.2) is 0 Å². The Morgan fingerprint density at radius 1 is 1.62 bits per heavy atom. The maximum absolute atomic E-state index is 9.28. The van der Waals surface area contributed by atoms with Crippen molar-refractivity contribution in [2.75, 3.05) is 13.1 Å². The van der Waals surface area contributed by atoms with E-state index >= 15 is 0 Å². The zero-order valence-electron chi connectivity index (χ0n) is 4.22. The fourth-order valence-corrected chi connectivity index (χ4v) is 0.207. The van der Waals surface area contributed by atoms with Crippen LogP contribution in [0.15, 0.2) is 0 Å². The molecule has 42 valence electrons. The number of nitrogens with one attached hydrogen (secondary N) is 1. The van der Waals surface area contributed by atoms with Crippen LogP contribution in [0, 0.1) is 22.6 Å². The highest BCUT2D eigenvalue weighted by Crippen LogP contribution is 1.56. The minimum Gasteiger partial charge on any atom is -0.498 e. The van der Waals surface area contributed by atoms with Gasteiger partial charge in [0.2, 0.25) is 0 Å². The Hall–Kier alpha value is -1.26. The van der Waals surface area contributed by atoms with E-state index in [-0.39, 0.29) is 13.1 Å². The first-order valence-electron chi connectivity index (χ1n) is 2.04. The van der Waals surface area contributed by atoms with Gasteiger partial charge in [0.05, 0.1) is 12.6 Å². The fraction of sp³-hybridized carbons (Fsp3) is 0.500. The van der Waals surface area contributed by atoms with Crippen molar-refractivity contribution in [2.45, 2.75) is 0 Å². The molecule has 0 aromatic heterocycles. The maximum atomic E-state index is 9.28. The molecule has 0 saturated heterocycles. The van der Waals surface area contributed by atoms with Crippen LogP contribution < -0.4 is 5.32 Å². The van der Waals surface area contributed by atoms with Gasteiger partial charge >= 0.3 is 6.07 Å². The third-order valence-electron chi connectivity index (χ3n) is 0.473. The lowest BCUT2D eigenvalue weighted by Gasteiger charge is -1.80. The van der Waals surface area contributed by atoms with Gasteiger partial charge in [0.1, 0.15) is 6.54 Å². The molecule has 0 aromatic rings. The number of hydrogen-bond acceptors (Lipinski definition) is 3. The van der Waals surface area contributed by atoms with E-state index < -0.39 is 0 Å². The van der Waals surface area contributed by atoms with Crippen molar-refractivity contribution in [3.8, 4) is 12.1 Å². The first kappa shape index (κ1) is 6.74. The SMILES string of the molecule is N#CCNCC#[N+][O-]. The summed E-state index contributed by atoms with van der Waals surface area (Å²) in [5.74, 6) is 0.